The Balaban J connectivity index is 3.24. The van der Waals surface area contributed by atoms with E-state index in [0.717, 1.165) is 23.6 Å². The number of rotatable bonds is 2. The van der Waals surface area contributed by atoms with E-state index in [-0.39, 0.29) is 0 Å². The summed E-state index contributed by atoms with van der Waals surface area (Å²) in [7, 11) is 0. The Kier molecular flexibility index (Phi) is 2.99. The van der Waals surface area contributed by atoms with Gasteiger partial charge in [-0.1, -0.05) is 25.4 Å². The number of halogens is 1. The van der Waals surface area contributed by atoms with Crippen LogP contribution in [0.2, 0.25) is 5.02 Å². The Morgan fingerprint density at radius 1 is 1.25 bits per heavy atom. The molecule has 0 fully saturated rings. The van der Waals surface area contributed by atoms with Crippen molar-refractivity contribution >= 4 is 17.3 Å². The Bertz CT molecular complexity index is 281. The molecule has 0 heterocycles. The highest BCUT2D eigenvalue weighted by Crippen LogP contribution is 2.24. The van der Waals surface area contributed by atoms with E-state index in [1.54, 1.807) is 0 Å². The Morgan fingerprint density at radius 3 is 2.42 bits per heavy atom. The predicted octanol–water partition coefficient (Wildman–Crippen LogP) is 3.05. The van der Waals surface area contributed by atoms with Crippen LogP contribution in [0.5, 0.6) is 0 Å². The second-order valence-electron chi connectivity index (χ2n) is 2.85. The maximum atomic E-state index is 6.03. The molecule has 0 atom stereocenters. The van der Waals surface area contributed by atoms with Gasteiger partial charge in [-0.05, 0) is 36.1 Å². The van der Waals surface area contributed by atoms with Gasteiger partial charge in [-0.15, -0.1) is 0 Å². The molecule has 12 heavy (non-hydrogen) atoms. The van der Waals surface area contributed by atoms with Gasteiger partial charge >= 0.3 is 0 Å². The van der Waals surface area contributed by atoms with Gasteiger partial charge in [0.15, 0.2) is 0 Å². The molecule has 0 aromatic heterocycles. The number of nitrogens with two attached hydrogens (primary N) is 1. The molecule has 0 aliphatic carbocycles. The molecule has 1 aromatic carbocycles. The summed E-state index contributed by atoms with van der Waals surface area (Å²) in [5.41, 5.74) is 8.93. The molecule has 0 spiro atoms. The minimum absolute atomic E-state index is 0.758. The van der Waals surface area contributed by atoms with Gasteiger partial charge in [0.2, 0.25) is 0 Å². The van der Waals surface area contributed by atoms with Crippen LogP contribution in [0.4, 0.5) is 5.69 Å². The molecule has 1 rings (SSSR count). The molecule has 0 aliphatic rings. The third-order valence-electron chi connectivity index (χ3n) is 2.04. The van der Waals surface area contributed by atoms with E-state index in [0.29, 0.717) is 0 Å². The second-order valence-corrected chi connectivity index (χ2v) is 3.25. The van der Waals surface area contributed by atoms with Gasteiger partial charge in [0.25, 0.3) is 0 Å². The molecular weight excluding hydrogens is 170 g/mol. The third kappa shape index (κ3) is 1.72. The average Bonchev–Trinajstić information content (AvgIpc) is 2.03. The largest absolute Gasteiger partial charge is 0.399 e. The van der Waals surface area contributed by atoms with E-state index in [1.165, 1.54) is 11.1 Å². The zero-order chi connectivity index (χ0) is 9.14. The van der Waals surface area contributed by atoms with E-state index >= 15 is 0 Å². The van der Waals surface area contributed by atoms with Crippen molar-refractivity contribution in [3.05, 3.63) is 28.3 Å². The Morgan fingerprint density at radius 2 is 1.92 bits per heavy atom. The quantitative estimate of drug-likeness (QED) is 0.701. The van der Waals surface area contributed by atoms with Crippen LogP contribution in [-0.4, -0.2) is 0 Å². The van der Waals surface area contributed by atoms with Crippen molar-refractivity contribution < 1.29 is 0 Å². The van der Waals surface area contributed by atoms with Crippen LogP contribution in [0, 0.1) is 0 Å². The monoisotopic (exact) mass is 183 g/mol. The van der Waals surface area contributed by atoms with Crippen molar-refractivity contribution in [1.82, 2.24) is 0 Å². The summed E-state index contributed by atoms with van der Waals surface area (Å²) in [5, 5.41) is 0.800. The molecular formula is C10H14ClN. The Hall–Kier alpha value is -0.690. The Labute approximate surface area is 78.5 Å². The smallest absolute Gasteiger partial charge is 0.0461 e. The lowest BCUT2D eigenvalue weighted by Crippen LogP contribution is -1.95. The van der Waals surface area contributed by atoms with Crippen LogP contribution in [-0.2, 0) is 12.8 Å². The van der Waals surface area contributed by atoms with E-state index < -0.39 is 0 Å². The molecule has 2 N–H and O–H groups in total. The number of aryl methyl sites for hydroxylation is 1. The number of benzene rings is 1. The fourth-order valence-electron chi connectivity index (χ4n) is 1.43. The van der Waals surface area contributed by atoms with Crippen LogP contribution in [0.15, 0.2) is 12.1 Å². The lowest BCUT2D eigenvalue weighted by molar-refractivity contribution is 1.04. The molecule has 1 nitrogen and oxygen atoms in total. The van der Waals surface area contributed by atoms with Crippen LogP contribution < -0.4 is 5.73 Å². The first-order chi connectivity index (χ1) is 5.69. The molecule has 66 valence electrons. The number of anilines is 1. The summed E-state index contributed by atoms with van der Waals surface area (Å²) in [6, 6.07) is 3.82. The van der Waals surface area contributed by atoms with Gasteiger partial charge in [0.05, 0.1) is 0 Å². The van der Waals surface area contributed by atoms with Crippen molar-refractivity contribution in [2.45, 2.75) is 26.7 Å². The zero-order valence-electron chi connectivity index (χ0n) is 7.52. The van der Waals surface area contributed by atoms with E-state index in [1.807, 2.05) is 12.1 Å². The fraction of sp³-hybridized carbons (Fsp3) is 0.400. The number of nitrogen functional groups attached to an aromatic ring is 1. The van der Waals surface area contributed by atoms with Gasteiger partial charge in [0, 0.05) is 10.7 Å². The van der Waals surface area contributed by atoms with Crippen LogP contribution in [0.3, 0.4) is 0 Å². The highest BCUT2D eigenvalue weighted by Gasteiger charge is 2.04. The van der Waals surface area contributed by atoms with Crippen molar-refractivity contribution in [1.29, 1.82) is 0 Å². The molecule has 0 saturated carbocycles. The number of hydrogen-bond donors (Lipinski definition) is 1. The topological polar surface area (TPSA) is 26.0 Å². The first kappa shape index (κ1) is 9.40. The lowest BCUT2D eigenvalue weighted by Gasteiger charge is -2.08. The maximum absolute atomic E-state index is 6.03. The van der Waals surface area contributed by atoms with Crippen molar-refractivity contribution in [3.8, 4) is 0 Å². The minimum Gasteiger partial charge on any atom is -0.399 e. The molecule has 0 unspecified atom stereocenters. The van der Waals surface area contributed by atoms with Gasteiger partial charge < -0.3 is 5.73 Å². The predicted molar refractivity (Wildman–Crippen MR) is 54.6 cm³/mol. The van der Waals surface area contributed by atoms with E-state index in [9.17, 15) is 0 Å². The minimum atomic E-state index is 0.758. The second kappa shape index (κ2) is 3.81. The summed E-state index contributed by atoms with van der Waals surface area (Å²) in [6.07, 6.45) is 1.97. The normalized spacial score (nSPS) is 10.2. The summed E-state index contributed by atoms with van der Waals surface area (Å²) >= 11 is 6.03. The summed E-state index contributed by atoms with van der Waals surface area (Å²) < 4.78 is 0. The first-order valence-corrected chi connectivity index (χ1v) is 4.63. The molecule has 0 saturated heterocycles. The SMILES string of the molecule is CCc1cc(N)cc(Cl)c1CC. The van der Waals surface area contributed by atoms with Crippen molar-refractivity contribution in [3.63, 3.8) is 0 Å². The standard InChI is InChI=1S/C10H14ClN/c1-3-7-5-8(12)6-10(11)9(7)4-2/h5-6H,3-4,12H2,1-2H3. The molecule has 0 radical (unpaired) electrons. The van der Waals surface area contributed by atoms with Crippen molar-refractivity contribution in [2.75, 3.05) is 5.73 Å². The summed E-state index contributed by atoms with van der Waals surface area (Å²) in [5.74, 6) is 0. The van der Waals surface area contributed by atoms with Crippen LogP contribution >= 0.6 is 11.6 Å². The first-order valence-electron chi connectivity index (χ1n) is 4.25. The number of hydrogen-bond acceptors (Lipinski definition) is 1. The zero-order valence-corrected chi connectivity index (χ0v) is 8.28. The molecule has 2 heteroatoms. The van der Waals surface area contributed by atoms with Gasteiger partial charge in [0.1, 0.15) is 0 Å². The average molecular weight is 184 g/mol. The highest BCUT2D eigenvalue weighted by molar-refractivity contribution is 6.31. The molecule has 0 bridgehead atoms. The summed E-state index contributed by atoms with van der Waals surface area (Å²) in [6.45, 7) is 4.22. The van der Waals surface area contributed by atoms with Gasteiger partial charge in [-0.25, -0.2) is 0 Å². The van der Waals surface area contributed by atoms with E-state index in [2.05, 4.69) is 13.8 Å². The highest BCUT2D eigenvalue weighted by atomic mass is 35.5. The van der Waals surface area contributed by atoms with Crippen LogP contribution in [0.25, 0.3) is 0 Å². The lowest BCUT2D eigenvalue weighted by atomic mass is 10.0. The van der Waals surface area contributed by atoms with Crippen molar-refractivity contribution in [2.24, 2.45) is 0 Å². The molecule has 1 aromatic rings. The van der Waals surface area contributed by atoms with Crippen LogP contribution in [0.1, 0.15) is 25.0 Å². The molecule has 0 amide bonds. The maximum Gasteiger partial charge on any atom is 0.0461 e. The van der Waals surface area contributed by atoms with Gasteiger partial charge in [-0.3, -0.25) is 0 Å². The third-order valence-corrected chi connectivity index (χ3v) is 2.38. The van der Waals surface area contributed by atoms with Gasteiger partial charge in [-0.2, -0.15) is 0 Å². The molecule has 0 aliphatic heterocycles. The summed E-state index contributed by atoms with van der Waals surface area (Å²) in [4.78, 5) is 0. The fourth-order valence-corrected chi connectivity index (χ4v) is 1.81. The van der Waals surface area contributed by atoms with E-state index in [4.69, 9.17) is 17.3 Å².